The number of carboxylic acid groups (broad SMARTS) is 2. The van der Waals surface area contributed by atoms with Crippen LogP contribution in [0.1, 0.15) is 17.9 Å². The first kappa shape index (κ1) is 11.4. The van der Waals surface area contributed by atoms with Crippen LogP contribution >= 0.6 is 0 Å². The first-order valence-electron chi connectivity index (χ1n) is 5.27. The van der Waals surface area contributed by atoms with E-state index >= 15 is 0 Å². The minimum absolute atomic E-state index is 0.0250. The van der Waals surface area contributed by atoms with Gasteiger partial charge in [-0.25, -0.2) is 0 Å². The summed E-state index contributed by atoms with van der Waals surface area (Å²) in [5, 5.41) is 18.5. The third kappa shape index (κ3) is 1.62. The molecule has 0 aliphatic heterocycles. The van der Waals surface area contributed by atoms with Crippen molar-refractivity contribution in [1.29, 1.82) is 0 Å². The number of carboxylic acids is 2. The molecule has 4 nitrogen and oxygen atoms in total. The van der Waals surface area contributed by atoms with Gasteiger partial charge in [0.25, 0.3) is 0 Å². The summed E-state index contributed by atoms with van der Waals surface area (Å²) in [5.74, 6) is -3.19. The van der Waals surface area contributed by atoms with E-state index in [1.165, 1.54) is 0 Å². The summed E-state index contributed by atoms with van der Waals surface area (Å²) in [6.45, 7) is 0. The van der Waals surface area contributed by atoms with E-state index in [0.717, 1.165) is 0 Å². The summed E-state index contributed by atoms with van der Waals surface area (Å²) in [7, 11) is 0. The SMILES string of the molecule is O=C(O)C1(C(=O)O)CC=C[C@H]1c1ccccc1. The van der Waals surface area contributed by atoms with E-state index < -0.39 is 23.3 Å². The lowest BCUT2D eigenvalue weighted by atomic mass is 9.74. The molecule has 0 fully saturated rings. The molecule has 1 aromatic rings. The van der Waals surface area contributed by atoms with Crippen molar-refractivity contribution < 1.29 is 19.8 Å². The van der Waals surface area contributed by atoms with Crippen LogP contribution in [0.4, 0.5) is 0 Å². The van der Waals surface area contributed by atoms with E-state index in [1.807, 2.05) is 6.07 Å². The fourth-order valence-corrected chi connectivity index (χ4v) is 2.27. The molecule has 0 spiro atoms. The molecule has 17 heavy (non-hydrogen) atoms. The van der Waals surface area contributed by atoms with Crippen LogP contribution in [0.2, 0.25) is 0 Å². The molecule has 1 aliphatic carbocycles. The maximum absolute atomic E-state index is 11.3. The van der Waals surface area contributed by atoms with Crippen LogP contribution in [0, 0.1) is 5.41 Å². The van der Waals surface area contributed by atoms with Crippen molar-refractivity contribution in [1.82, 2.24) is 0 Å². The lowest BCUT2D eigenvalue weighted by Crippen LogP contribution is -2.41. The van der Waals surface area contributed by atoms with Gasteiger partial charge in [-0.05, 0) is 12.0 Å². The van der Waals surface area contributed by atoms with Crippen molar-refractivity contribution in [3.8, 4) is 0 Å². The zero-order valence-corrected chi connectivity index (χ0v) is 9.04. The summed E-state index contributed by atoms with van der Waals surface area (Å²) in [6.07, 6.45) is 3.31. The highest BCUT2D eigenvalue weighted by Gasteiger charge is 2.54. The van der Waals surface area contributed by atoms with Crippen LogP contribution in [0.3, 0.4) is 0 Å². The van der Waals surface area contributed by atoms with Gasteiger partial charge in [0, 0.05) is 5.92 Å². The lowest BCUT2D eigenvalue weighted by Gasteiger charge is -2.26. The fourth-order valence-electron chi connectivity index (χ4n) is 2.27. The zero-order chi connectivity index (χ0) is 12.5. The van der Waals surface area contributed by atoms with Gasteiger partial charge in [0.2, 0.25) is 0 Å². The Labute approximate surface area is 98.2 Å². The summed E-state index contributed by atoms with van der Waals surface area (Å²) in [5.41, 5.74) is -1.05. The molecule has 0 radical (unpaired) electrons. The zero-order valence-electron chi connectivity index (χ0n) is 9.04. The molecule has 2 rings (SSSR count). The van der Waals surface area contributed by atoms with Gasteiger partial charge in [-0.15, -0.1) is 0 Å². The van der Waals surface area contributed by atoms with Crippen molar-refractivity contribution in [3.05, 3.63) is 48.0 Å². The molecule has 0 saturated heterocycles. The lowest BCUT2D eigenvalue weighted by molar-refractivity contribution is -0.164. The van der Waals surface area contributed by atoms with E-state index in [1.54, 1.807) is 36.4 Å². The molecule has 0 saturated carbocycles. The van der Waals surface area contributed by atoms with Crippen LogP contribution in [-0.4, -0.2) is 22.2 Å². The average Bonchev–Trinajstić information content (AvgIpc) is 2.75. The number of hydrogen-bond donors (Lipinski definition) is 2. The minimum atomic E-state index is -1.76. The van der Waals surface area contributed by atoms with Crippen LogP contribution in [0.5, 0.6) is 0 Å². The van der Waals surface area contributed by atoms with E-state index in [-0.39, 0.29) is 6.42 Å². The van der Waals surface area contributed by atoms with Gasteiger partial charge in [0.1, 0.15) is 0 Å². The fraction of sp³-hybridized carbons (Fsp3) is 0.231. The summed E-state index contributed by atoms with van der Waals surface area (Å²) >= 11 is 0. The second-order valence-corrected chi connectivity index (χ2v) is 4.10. The molecule has 0 amide bonds. The van der Waals surface area contributed by atoms with E-state index in [4.69, 9.17) is 0 Å². The van der Waals surface area contributed by atoms with Crippen LogP contribution in [-0.2, 0) is 9.59 Å². The third-order valence-electron chi connectivity index (χ3n) is 3.22. The van der Waals surface area contributed by atoms with E-state index in [2.05, 4.69) is 0 Å². The van der Waals surface area contributed by atoms with Gasteiger partial charge >= 0.3 is 11.9 Å². The van der Waals surface area contributed by atoms with Crippen molar-refractivity contribution >= 4 is 11.9 Å². The monoisotopic (exact) mass is 232 g/mol. The largest absolute Gasteiger partial charge is 0.480 e. The molecule has 1 aromatic carbocycles. The number of carbonyl (C=O) groups is 2. The topological polar surface area (TPSA) is 74.6 Å². The number of rotatable bonds is 3. The number of allylic oxidation sites excluding steroid dienone is 2. The third-order valence-corrected chi connectivity index (χ3v) is 3.22. The Hall–Kier alpha value is -2.10. The summed E-state index contributed by atoms with van der Waals surface area (Å²) in [4.78, 5) is 22.7. The molecule has 2 N–H and O–H groups in total. The second kappa shape index (κ2) is 4.05. The number of benzene rings is 1. The molecule has 0 bridgehead atoms. The first-order valence-corrected chi connectivity index (χ1v) is 5.27. The highest BCUT2D eigenvalue weighted by atomic mass is 16.4. The van der Waals surface area contributed by atoms with Gasteiger partial charge < -0.3 is 10.2 Å². The van der Waals surface area contributed by atoms with Crippen molar-refractivity contribution in [2.75, 3.05) is 0 Å². The molecule has 4 heteroatoms. The number of hydrogen-bond acceptors (Lipinski definition) is 2. The Morgan fingerprint density at radius 3 is 2.24 bits per heavy atom. The Kier molecular flexibility index (Phi) is 2.71. The summed E-state index contributed by atoms with van der Waals surface area (Å²) < 4.78 is 0. The van der Waals surface area contributed by atoms with E-state index in [9.17, 15) is 19.8 Å². The first-order chi connectivity index (χ1) is 8.09. The average molecular weight is 232 g/mol. The highest BCUT2D eigenvalue weighted by molar-refractivity contribution is 6.00. The Bertz CT molecular complexity index is 461. The van der Waals surface area contributed by atoms with Crippen molar-refractivity contribution in [3.63, 3.8) is 0 Å². The van der Waals surface area contributed by atoms with Gasteiger partial charge in [-0.3, -0.25) is 9.59 Å². The minimum Gasteiger partial charge on any atom is -0.480 e. The van der Waals surface area contributed by atoms with Crippen molar-refractivity contribution in [2.45, 2.75) is 12.3 Å². The van der Waals surface area contributed by atoms with E-state index in [0.29, 0.717) is 5.56 Å². The molecular formula is C13H12O4. The molecule has 0 unspecified atom stereocenters. The van der Waals surface area contributed by atoms with Gasteiger partial charge in [-0.2, -0.15) is 0 Å². The Balaban J connectivity index is 2.49. The Morgan fingerprint density at radius 2 is 1.71 bits per heavy atom. The highest BCUT2D eigenvalue weighted by Crippen LogP contribution is 2.45. The Morgan fingerprint density at radius 1 is 1.12 bits per heavy atom. The van der Waals surface area contributed by atoms with Gasteiger partial charge in [0.05, 0.1) is 0 Å². The number of aliphatic carboxylic acids is 2. The van der Waals surface area contributed by atoms with Crippen LogP contribution < -0.4 is 0 Å². The van der Waals surface area contributed by atoms with Gasteiger partial charge in [-0.1, -0.05) is 42.5 Å². The maximum Gasteiger partial charge on any atom is 0.322 e. The smallest absolute Gasteiger partial charge is 0.322 e. The summed E-state index contributed by atoms with van der Waals surface area (Å²) in [6, 6.07) is 8.86. The van der Waals surface area contributed by atoms with Crippen LogP contribution in [0.15, 0.2) is 42.5 Å². The quantitative estimate of drug-likeness (QED) is 0.616. The normalized spacial score (nSPS) is 21.3. The molecule has 0 heterocycles. The molecule has 1 aliphatic rings. The molecular weight excluding hydrogens is 220 g/mol. The van der Waals surface area contributed by atoms with Gasteiger partial charge in [0.15, 0.2) is 5.41 Å². The second-order valence-electron chi connectivity index (χ2n) is 4.10. The molecule has 1 atom stereocenters. The molecule has 0 aromatic heterocycles. The predicted octanol–water partition coefficient (Wildman–Crippen LogP) is 1.89. The standard InChI is InChI=1S/C13H12O4/c14-11(15)13(12(16)17)8-4-7-10(13)9-5-2-1-3-6-9/h1-7,10H,8H2,(H,14,15)(H,16,17)/t10-/m0/s1. The molecule has 88 valence electrons. The predicted molar refractivity (Wildman–Crippen MR) is 60.6 cm³/mol. The van der Waals surface area contributed by atoms with Crippen molar-refractivity contribution in [2.24, 2.45) is 5.41 Å². The maximum atomic E-state index is 11.3. The van der Waals surface area contributed by atoms with Crippen LogP contribution in [0.25, 0.3) is 0 Å².